The lowest BCUT2D eigenvalue weighted by Gasteiger charge is -2.41. The van der Waals surface area contributed by atoms with Crippen LogP contribution in [0.3, 0.4) is 0 Å². The molecule has 1 aliphatic heterocycles. The topological polar surface area (TPSA) is 191 Å². The van der Waals surface area contributed by atoms with E-state index >= 15 is 0 Å². The molecule has 8 N–H and O–H groups in total. The van der Waals surface area contributed by atoms with Crippen LogP contribution in [0.25, 0.3) is 0 Å². The van der Waals surface area contributed by atoms with Crippen LogP contribution in [0.1, 0.15) is 13.3 Å². The molecule has 132 valence electrons. The summed E-state index contributed by atoms with van der Waals surface area (Å²) in [5.41, 5.74) is 5.66. The van der Waals surface area contributed by atoms with Crippen molar-refractivity contribution in [1.29, 1.82) is 0 Å². The molecule has 1 aliphatic rings. The van der Waals surface area contributed by atoms with Crippen molar-refractivity contribution >= 4 is 17.8 Å². The molecule has 0 radical (unpaired) electrons. The second kappa shape index (κ2) is 8.29. The maximum absolute atomic E-state index is 11.5. The monoisotopic (exact) mass is 335 g/mol. The lowest BCUT2D eigenvalue weighted by atomic mass is 9.96. The van der Waals surface area contributed by atoms with Crippen LogP contribution in [0.5, 0.6) is 0 Å². The van der Waals surface area contributed by atoms with Gasteiger partial charge in [0.1, 0.15) is 30.6 Å². The maximum atomic E-state index is 11.5. The molecule has 1 fully saturated rings. The minimum absolute atomic E-state index is 0.579. The van der Waals surface area contributed by atoms with Gasteiger partial charge >= 0.3 is 5.97 Å². The Kier molecular flexibility index (Phi) is 7.00. The van der Waals surface area contributed by atoms with Crippen molar-refractivity contribution in [3.63, 3.8) is 0 Å². The van der Waals surface area contributed by atoms with Gasteiger partial charge in [0.05, 0.1) is 19.1 Å². The number of aliphatic hydroxyl groups is 3. The predicted octanol–water partition coefficient (Wildman–Crippen LogP) is -4.15. The first kappa shape index (κ1) is 19.4. The summed E-state index contributed by atoms with van der Waals surface area (Å²) in [7, 11) is 0. The van der Waals surface area contributed by atoms with Crippen LogP contribution in [-0.2, 0) is 19.1 Å². The lowest BCUT2D eigenvalue weighted by molar-refractivity contribution is -0.199. The number of nitrogens with two attached hydrogens (primary N) is 1. The highest BCUT2D eigenvalue weighted by Gasteiger charge is 2.43. The highest BCUT2D eigenvalue weighted by molar-refractivity contribution is 5.95. The largest absolute Gasteiger partial charge is 0.480 e. The number of aliphatic carboxylic acids is 1. The van der Waals surface area contributed by atoms with E-state index in [1.54, 1.807) is 0 Å². The van der Waals surface area contributed by atoms with E-state index in [1.165, 1.54) is 0 Å². The lowest BCUT2D eigenvalue weighted by Crippen LogP contribution is -2.67. The van der Waals surface area contributed by atoms with E-state index in [0.29, 0.717) is 0 Å². The van der Waals surface area contributed by atoms with Crippen LogP contribution in [0.4, 0.5) is 0 Å². The Morgan fingerprint density at radius 2 is 1.87 bits per heavy atom. The molecule has 2 amide bonds. The van der Waals surface area contributed by atoms with E-state index in [0.717, 1.165) is 6.92 Å². The zero-order chi connectivity index (χ0) is 17.7. The van der Waals surface area contributed by atoms with Crippen molar-refractivity contribution in [1.82, 2.24) is 10.6 Å². The van der Waals surface area contributed by atoms with Gasteiger partial charge in [-0.3, -0.25) is 25.0 Å². The van der Waals surface area contributed by atoms with E-state index < -0.39 is 67.4 Å². The number of hydrogen-bond acceptors (Lipinski definition) is 9. The van der Waals surface area contributed by atoms with E-state index in [-0.39, 0.29) is 0 Å². The Bertz CT molecular complexity index is 458. The van der Waals surface area contributed by atoms with Crippen LogP contribution in [0.15, 0.2) is 0 Å². The summed E-state index contributed by atoms with van der Waals surface area (Å²) in [6, 6.07) is -2.64. The molecule has 0 spiro atoms. The fraction of sp³-hybridized carbons (Fsp3) is 0.750. The molecule has 0 aromatic heterocycles. The summed E-state index contributed by atoms with van der Waals surface area (Å²) < 4.78 is 5.22. The molecule has 6 atom stereocenters. The maximum Gasteiger partial charge on any atom is 0.321 e. The van der Waals surface area contributed by atoms with Crippen molar-refractivity contribution in [2.75, 3.05) is 6.61 Å². The number of amides is 2. The molecule has 0 bridgehead atoms. The van der Waals surface area contributed by atoms with Gasteiger partial charge in [0, 0.05) is 6.92 Å². The number of aliphatic hydroxyl groups excluding tert-OH is 3. The summed E-state index contributed by atoms with van der Waals surface area (Å²) in [5, 5.41) is 42.0. The molecule has 0 aliphatic carbocycles. The number of carboxylic acids is 1. The van der Waals surface area contributed by atoms with Crippen LogP contribution >= 0.6 is 0 Å². The first-order valence-electron chi connectivity index (χ1n) is 6.84. The van der Waals surface area contributed by atoms with Gasteiger partial charge in [-0.05, 0) is 0 Å². The van der Waals surface area contributed by atoms with Gasteiger partial charge in [0.25, 0.3) is 0 Å². The van der Waals surface area contributed by atoms with E-state index in [2.05, 4.69) is 5.32 Å². The molecular formula is C12H21N3O8. The number of carboxylic acid groups (broad SMARTS) is 1. The minimum atomic E-state index is -1.46. The number of nitrogens with one attached hydrogen (secondary N) is 2. The highest BCUT2D eigenvalue weighted by Crippen LogP contribution is 2.19. The molecule has 23 heavy (non-hydrogen) atoms. The van der Waals surface area contributed by atoms with Gasteiger partial charge in [0.15, 0.2) is 0 Å². The molecular weight excluding hydrogens is 314 g/mol. The second-order valence-corrected chi connectivity index (χ2v) is 5.20. The molecule has 0 aromatic rings. The van der Waals surface area contributed by atoms with Gasteiger partial charge in [-0.1, -0.05) is 0 Å². The molecule has 11 nitrogen and oxygen atoms in total. The minimum Gasteiger partial charge on any atom is -0.480 e. The summed E-state index contributed by atoms with van der Waals surface area (Å²) in [4.78, 5) is 33.5. The smallest absolute Gasteiger partial charge is 0.321 e. The van der Waals surface area contributed by atoms with E-state index in [1.807, 2.05) is 5.32 Å². The van der Waals surface area contributed by atoms with Crippen LogP contribution in [0, 0.1) is 0 Å². The fourth-order valence-corrected chi connectivity index (χ4v) is 2.14. The standard InChI is InChI=1S/C12H21N3O8/c1-4(17)14-7(18)2-5(12(21)22)15-11-8(13)10(20)9(19)6(3-16)23-11/h5-6,8-11,15-16,19-20H,2-3,13H2,1H3,(H,21,22)(H,14,17,18)/t5-,6+,8+,9+,10+,11?/m0/s1. The van der Waals surface area contributed by atoms with Gasteiger partial charge in [-0.25, -0.2) is 0 Å². The Labute approximate surface area is 131 Å². The molecule has 1 saturated heterocycles. The third-order valence-corrected chi connectivity index (χ3v) is 3.34. The Balaban J connectivity index is 2.76. The zero-order valence-electron chi connectivity index (χ0n) is 12.4. The second-order valence-electron chi connectivity index (χ2n) is 5.20. The van der Waals surface area contributed by atoms with Gasteiger partial charge in [0.2, 0.25) is 11.8 Å². The first-order chi connectivity index (χ1) is 10.7. The molecule has 11 heteroatoms. The van der Waals surface area contributed by atoms with Crippen molar-refractivity contribution < 1.29 is 39.5 Å². The van der Waals surface area contributed by atoms with Crippen LogP contribution in [0.2, 0.25) is 0 Å². The van der Waals surface area contributed by atoms with Crippen LogP contribution in [-0.4, -0.2) is 81.4 Å². The highest BCUT2D eigenvalue weighted by atomic mass is 16.5. The molecule has 1 unspecified atom stereocenters. The van der Waals surface area contributed by atoms with Crippen molar-refractivity contribution in [2.24, 2.45) is 5.73 Å². The number of carbonyl (C=O) groups is 3. The SMILES string of the molecule is CC(=O)NC(=O)C[C@H](NC1O[C@H](CO)[C@@H](O)[C@H](O)[C@H]1N)C(=O)O. The first-order valence-corrected chi connectivity index (χ1v) is 6.84. The average molecular weight is 335 g/mol. The third-order valence-electron chi connectivity index (χ3n) is 3.34. The van der Waals surface area contributed by atoms with Gasteiger partial charge in [-0.2, -0.15) is 0 Å². The third kappa shape index (κ3) is 5.20. The Morgan fingerprint density at radius 3 is 2.35 bits per heavy atom. The number of imide groups is 1. The van der Waals surface area contributed by atoms with E-state index in [9.17, 15) is 24.6 Å². The molecule has 1 rings (SSSR count). The summed E-state index contributed by atoms with van der Waals surface area (Å²) in [6.07, 6.45) is -5.86. The van der Waals surface area contributed by atoms with Crippen molar-refractivity contribution in [3.05, 3.63) is 0 Å². The Morgan fingerprint density at radius 1 is 1.26 bits per heavy atom. The summed E-state index contributed by atoms with van der Waals surface area (Å²) >= 11 is 0. The molecule has 0 saturated carbocycles. The van der Waals surface area contributed by atoms with Gasteiger partial charge in [-0.15, -0.1) is 0 Å². The summed E-state index contributed by atoms with van der Waals surface area (Å²) in [5.74, 6) is -2.86. The normalized spacial score (nSPS) is 32.1. The predicted molar refractivity (Wildman–Crippen MR) is 73.7 cm³/mol. The fourth-order valence-electron chi connectivity index (χ4n) is 2.14. The van der Waals surface area contributed by atoms with E-state index in [4.69, 9.17) is 20.7 Å². The summed E-state index contributed by atoms with van der Waals surface area (Å²) in [6.45, 7) is 0.483. The van der Waals surface area contributed by atoms with Gasteiger partial charge < -0.3 is 30.9 Å². The number of rotatable bonds is 6. The Hall–Kier alpha value is -1.63. The number of ether oxygens (including phenoxy) is 1. The molecule has 1 heterocycles. The molecule has 0 aromatic carbocycles. The zero-order valence-corrected chi connectivity index (χ0v) is 12.4. The quantitative estimate of drug-likeness (QED) is 0.250. The van der Waals surface area contributed by atoms with Crippen molar-refractivity contribution in [3.8, 4) is 0 Å². The van der Waals surface area contributed by atoms with Crippen molar-refractivity contribution in [2.45, 2.75) is 50.0 Å². The van der Waals surface area contributed by atoms with Crippen LogP contribution < -0.4 is 16.4 Å². The number of carbonyl (C=O) groups excluding carboxylic acids is 2. The average Bonchev–Trinajstić information content (AvgIpc) is 2.45. The number of hydrogen-bond donors (Lipinski definition) is 7.